The molecule has 0 amide bonds. The second-order valence-corrected chi connectivity index (χ2v) is 8.59. The van der Waals surface area contributed by atoms with Crippen molar-refractivity contribution in [3.05, 3.63) is 81.1 Å². The molecule has 2 aliphatic rings. The third-order valence-corrected chi connectivity index (χ3v) is 6.30. The number of dihydropyridines is 1. The Hall–Kier alpha value is -3.34. The minimum absolute atomic E-state index is 0.0521. The van der Waals surface area contributed by atoms with E-state index >= 15 is 0 Å². The Morgan fingerprint density at radius 1 is 1.12 bits per heavy atom. The number of hydrogen-bond acceptors (Lipinski definition) is 5. The predicted molar refractivity (Wildman–Crippen MR) is 125 cm³/mol. The number of aryl methyl sites for hydroxylation is 1. The lowest BCUT2D eigenvalue weighted by Gasteiger charge is -2.31. The van der Waals surface area contributed by atoms with Crippen LogP contribution in [0.2, 0.25) is 0 Å². The number of Topliss-reactive ketones (excluding diaryl/α,β-unsaturated/α-hetero) is 1. The second-order valence-electron chi connectivity index (χ2n) is 8.59. The number of ether oxygens (including phenoxy) is 2. The number of ketones is 1. The normalized spacial score (nSPS) is 17.3. The molecule has 2 aromatic rings. The van der Waals surface area contributed by atoms with E-state index in [4.69, 9.17) is 9.47 Å². The van der Waals surface area contributed by atoms with Gasteiger partial charge >= 0.3 is 5.97 Å². The van der Waals surface area contributed by atoms with Gasteiger partial charge in [0.2, 0.25) is 0 Å². The van der Waals surface area contributed by atoms with Gasteiger partial charge in [-0.05, 0) is 49.4 Å². The lowest BCUT2D eigenvalue weighted by Crippen LogP contribution is -2.30. The van der Waals surface area contributed by atoms with E-state index in [1.54, 1.807) is 14.0 Å². The first-order valence-electron chi connectivity index (χ1n) is 11.0. The van der Waals surface area contributed by atoms with Crippen molar-refractivity contribution in [2.75, 3.05) is 13.7 Å². The Kier molecular flexibility index (Phi) is 5.68. The van der Waals surface area contributed by atoms with Crippen molar-refractivity contribution in [1.82, 2.24) is 5.32 Å². The average Bonchev–Trinajstić information content (AvgIpc) is 3.04. The third-order valence-electron chi connectivity index (χ3n) is 6.30. The summed E-state index contributed by atoms with van der Waals surface area (Å²) in [5.74, 6) is 0.0484. The first-order chi connectivity index (χ1) is 15.3. The average molecular weight is 432 g/mol. The lowest BCUT2D eigenvalue weighted by molar-refractivity contribution is -0.138. The molecular formula is C27H29NO4. The molecule has 1 heterocycles. The molecule has 2 aromatic carbocycles. The fourth-order valence-corrected chi connectivity index (χ4v) is 4.77. The summed E-state index contributed by atoms with van der Waals surface area (Å²) in [6.45, 7) is 10.1. The first-order valence-corrected chi connectivity index (χ1v) is 11.0. The molecule has 1 aliphatic carbocycles. The van der Waals surface area contributed by atoms with Crippen molar-refractivity contribution < 1.29 is 19.1 Å². The minimum Gasteiger partial charge on any atom is -0.496 e. The molecule has 0 saturated carbocycles. The van der Waals surface area contributed by atoms with Crippen LogP contribution >= 0.6 is 0 Å². The maximum absolute atomic E-state index is 13.6. The largest absolute Gasteiger partial charge is 0.496 e. The van der Waals surface area contributed by atoms with Gasteiger partial charge in [0.05, 0.1) is 25.0 Å². The van der Waals surface area contributed by atoms with E-state index in [0.717, 1.165) is 33.7 Å². The summed E-state index contributed by atoms with van der Waals surface area (Å²) in [7, 11) is 1.66. The monoisotopic (exact) mass is 431 g/mol. The van der Waals surface area contributed by atoms with Crippen molar-refractivity contribution in [2.24, 2.45) is 0 Å². The standard InChI is InChI=1S/C27H29NO4/c1-7-32-27(30)22-16(5)28-25-17-10-8-9-11-18(17)26(29)24(25)23(22)20-13-19(14(2)3)21(31-6)12-15(20)4/h8-14,23,28H,7H2,1-6H3/t23-/m0/s1. The maximum atomic E-state index is 13.6. The zero-order valence-electron chi connectivity index (χ0n) is 19.5. The van der Waals surface area contributed by atoms with Gasteiger partial charge in [0.15, 0.2) is 5.78 Å². The van der Waals surface area contributed by atoms with Crippen molar-refractivity contribution >= 4 is 17.4 Å². The summed E-state index contributed by atoms with van der Waals surface area (Å²) < 4.78 is 11.1. The third kappa shape index (κ3) is 3.32. The summed E-state index contributed by atoms with van der Waals surface area (Å²) in [5.41, 5.74) is 7.02. The molecule has 5 nitrogen and oxygen atoms in total. The fraction of sp³-hybridized carbons (Fsp3) is 0.333. The first kappa shape index (κ1) is 21.9. The fourth-order valence-electron chi connectivity index (χ4n) is 4.77. The van der Waals surface area contributed by atoms with Gasteiger partial charge in [-0.1, -0.05) is 44.2 Å². The maximum Gasteiger partial charge on any atom is 0.336 e. The number of benzene rings is 2. The lowest BCUT2D eigenvalue weighted by atomic mass is 9.77. The summed E-state index contributed by atoms with van der Waals surface area (Å²) in [5, 5.41) is 3.35. The van der Waals surface area contributed by atoms with E-state index in [1.165, 1.54) is 0 Å². The van der Waals surface area contributed by atoms with Crippen LogP contribution in [0, 0.1) is 6.92 Å². The molecule has 1 atom stereocenters. The van der Waals surface area contributed by atoms with Crippen LogP contribution in [-0.2, 0) is 9.53 Å². The zero-order valence-corrected chi connectivity index (χ0v) is 19.5. The number of rotatable bonds is 5. The van der Waals surface area contributed by atoms with Crippen molar-refractivity contribution in [3.8, 4) is 5.75 Å². The molecule has 0 bridgehead atoms. The molecule has 0 fully saturated rings. The van der Waals surface area contributed by atoms with E-state index < -0.39 is 11.9 Å². The molecule has 4 rings (SSSR count). The number of methoxy groups -OCH3 is 1. The number of fused-ring (bicyclic) bond motifs is 2. The Balaban J connectivity index is 1.99. The van der Waals surface area contributed by atoms with E-state index in [-0.39, 0.29) is 18.3 Å². The smallest absolute Gasteiger partial charge is 0.336 e. The molecule has 0 unspecified atom stereocenters. The van der Waals surface area contributed by atoms with E-state index in [0.29, 0.717) is 22.4 Å². The molecule has 1 N–H and O–H groups in total. The molecule has 5 heteroatoms. The highest BCUT2D eigenvalue weighted by Crippen LogP contribution is 2.48. The van der Waals surface area contributed by atoms with Crippen LogP contribution in [0.15, 0.2) is 53.2 Å². The Bertz CT molecular complexity index is 1190. The minimum atomic E-state index is -0.520. The van der Waals surface area contributed by atoms with Crippen LogP contribution in [0.4, 0.5) is 0 Å². The molecule has 0 aromatic heterocycles. The molecule has 32 heavy (non-hydrogen) atoms. The number of esters is 1. The van der Waals surface area contributed by atoms with Crippen molar-refractivity contribution in [1.29, 1.82) is 0 Å². The molecular weight excluding hydrogens is 402 g/mol. The SMILES string of the molecule is CCOC(=O)C1=C(C)NC2=C(C(=O)c3ccccc32)[C@H]1c1cc(C(C)C)c(OC)cc1C. The van der Waals surface area contributed by atoms with Gasteiger partial charge < -0.3 is 14.8 Å². The van der Waals surface area contributed by atoms with Gasteiger partial charge in [-0.15, -0.1) is 0 Å². The number of carbonyl (C=O) groups is 2. The Morgan fingerprint density at radius 3 is 2.44 bits per heavy atom. The van der Waals surface area contributed by atoms with E-state index in [9.17, 15) is 9.59 Å². The molecule has 1 aliphatic heterocycles. The van der Waals surface area contributed by atoms with Gasteiger partial charge in [-0.3, -0.25) is 4.79 Å². The number of hydrogen-bond donors (Lipinski definition) is 1. The van der Waals surface area contributed by atoms with Crippen LogP contribution in [0.1, 0.15) is 72.1 Å². The van der Waals surface area contributed by atoms with E-state index in [2.05, 4.69) is 25.2 Å². The van der Waals surface area contributed by atoms with E-state index in [1.807, 2.05) is 44.2 Å². The quantitative estimate of drug-likeness (QED) is 0.655. The van der Waals surface area contributed by atoms with Crippen LogP contribution in [0.3, 0.4) is 0 Å². The molecule has 0 saturated heterocycles. The number of nitrogens with one attached hydrogen (secondary N) is 1. The zero-order chi connectivity index (χ0) is 23.2. The Labute approximate surface area is 189 Å². The highest BCUT2D eigenvalue weighted by atomic mass is 16.5. The highest BCUT2D eigenvalue weighted by molar-refractivity contribution is 6.23. The summed E-state index contributed by atoms with van der Waals surface area (Å²) in [4.78, 5) is 26.7. The van der Waals surface area contributed by atoms with Gasteiger partial charge in [0, 0.05) is 28.3 Å². The molecule has 0 radical (unpaired) electrons. The van der Waals surface area contributed by atoms with Gasteiger partial charge in [0.25, 0.3) is 0 Å². The highest BCUT2D eigenvalue weighted by Gasteiger charge is 2.43. The molecule has 166 valence electrons. The number of carbonyl (C=O) groups excluding carboxylic acids is 2. The van der Waals surface area contributed by atoms with Crippen LogP contribution in [-0.4, -0.2) is 25.5 Å². The topological polar surface area (TPSA) is 64.6 Å². The number of allylic oxidation sites excluding steroid dienone is 2. The second kappa shape index (κ2) is 8.30. The Morgan fingerprint density at radius 2 is 1.81 bits per heavy atom. The van der Waals surface area contributed by atoms with Crippen LogP contribution in [0.5, 0.6) is 5.75 Å². The van der Waals surface area contributed by atoms with Gasteiger partial charge in [-0.2, -0.15) is 0 Å². The molecule has 0 spiro atoms. The summed E-state index contributed by atoms with van der Waals surface area (Å²) in [6, 6.07) is 11.7. The van der Waals surface area contributed by atoms with Gasteiger partial charge in [0.1, 0.15) is 5.75 Å². The van der Waals surface area contributed by atoms with Crippen molar-refractivity contribution in [2.45, 2.75) is 46.5 Å². The van der Waals surface area contributed by atoms with Crippen molar-refractivity contribution in [3.63, 3.8) is 0 Å². The summed E-state index contributed by atoms with van der Waals surface area (Å²) in [6.07, 6.45) is 0. The van der Waals surface area contributed by atoms with Crippen LogP contribution < -0.4 is 10.1 Å². The van der Waals surface area contributed by atoms with Gasteiger partial charge in [-0.25, -0.2) is 4.79 Å². The predicted octanol–water partition coefficient (Wildman–Crippen LogP) is 5.26. The summed E-state index contributed by atoms with van der Waals surface area (Å²) >= 11 is 0. The van der Waals surface area contributed by atoms with Crippen LogP contribution in [0.25, 0.3) is 5.70 Å².